The Morgan fingerprint density at radius 1 is 1.47 bits per heavy atom. The second-order valence-electron chi connectivity index (χ2n) is 4.39. The molecule has 1 aliphatic rings. The molecular weight excluding hydrogens is 254 g/mol. The van der Waals surface area contributed by atoms with E-state index in [0.717, 1.165) is 22.0 Å². The van der Waals surface area contributed by atoms with Crippen molar-refractivity contribution >= 4 is 21.8 Å². The molecule has 1 amide bonds. The first-order chi connectivity index (χ1) is 7.08. The van der Waals surface area contributed by atoms with Crippen molar-refractivity contribution in [2.45, 2.75) is 26.3 Å². The molecule has 1 heterocycles. The summed E-state index contributed by atoms with van der Waals surface area (Å²) in [6.07, 6.45) is 1.00. The highest BCUT2D eigenvalue weighted by Crippen LogP contribution is 2.31. The minimum Gasteiger partial charge on any atom is -0.345 e. The first-order valence-corrected chi connectivity index (χ1v) is 5.97. The van der Waals surface area contributed by atoms with Gasteiger partial charge < -0.3 is 5.32 Å². The van der Waals surface area contributed by atoms with Crippen LogP contribution in [0.1, 0.15) is 42.2 Å². The van der Waals surface area contributed by atoms with E-state index in [9.17, 15) is 4.79 Å². The predicted molar refractivity (Wildman–Crippen MR) is 63.8 cm³/mol. The maximum Gasteiger partial charge on any atom is 0.252 e. The Morgan fingerprint density at radius 2 is 2.20 bits per heavy atom. The van der Waals surface area contributed by atoms with Crippen LogP contribution in [0.15, 0.2) is 22.7 Å². The van der Waals surface area contributed by atoms with Gasteiger partial charge in [-0.1, -0.05) is 35.8 Å². The first kappa shape index (κ1) is 10.7. The Bertz CT molecular complexity index is 401. The maximum atomic E-state index is 11.7. The molecule has 0 fully saturated rings. The summed E-state index contributed by atoms with van der Waals surface area (Å²) in [5.74, 6) is 0.641. The van der Waals surface area contributed by atoms with Crippen LogP contribution in [0.3, 0.4) is 0 Å². The number of carbonyl (C=O) groups is 1. The lowest BCUT2D eigenvalue weighted by molar-refractivity contribution is 0.0953. The number of carbonyl (C=O) groups excluding carboxylic acids is 1. The number of hydrogen-bond acceptors (Lipinski definition) is 1. The van der Waals surface area contributed by atoms with Crippen LogP contribution >= 0.6 is 15.9 Å². The summed E-state index contributed by atoms with van der Waals surface area (Å²) in [5.41, 5.74) is 1.95. The topological polar surface area (TPSA) is 29.1 Å². The van der Waals surface area contributed by atoms with Crippen molar-refractivity contribution in [2.75, 3.05) is 0 Å². The molecule has 0 saturated heterocycles. The average molecular weight is 268 g/mol. The van der Waals surface area contributed by atoms with Crippen molar-refractivity contribution in [3.63, 3.8) is 0 Å². The van der Waals surface area contributed by atoms with Gasteiger partial charge in [0, 0.05) is 10.0 Å². The summed E-state index contributed by atoms with van der Waals surface area (Å²) < 4.78 is 0.960. The molecule has 1 N–H and O–H groups in total. The Balaban J connectivity index is 2.34. The molecule has 0 bridgehead atoms. The third kappa shape index (κ3) is 2.07. The van der Waals surface area contributed by atoms with Crippen LogP contribution in [0.2, 0.25) is 0 Å². The van der Waals surface area contributed by atoms with E-state index in [1.165, 1.54) is 0 Å². The van der Waals surface area contributed by atoms with Crippen molar-refractivity contribution < 1.29 is 4.79 Å². The van der Waals surface area contributed by atoms with Gasteiger partial charge in [0.25, 0.3) is 5.91 Å². The summed E-state index contributed by atoms with van der Waals surface area (Å²) in [5, 5.41) is 3.02. The Hall–Kier alpha value is -0.830. The Morgan fingerprint density at radius 3 is 2.87 bits per heavy atom. The SMILES string of the molecule is CC(C)CC1NC(=O)c2cc(Br)ccc21. The molecule has 1 aromatic carbocycles. The van der Waals surface area contributed by atoms with Crippen LogP contribution in [0.25, 0.3) is 0 Å². The molecule has 1 aliphatic heterocycles. The highest BCUT2D eigenvalue weighted by Gasteiger charge is 2.28. The molecule has 2 rings (SSSR count). The smallest absolute Gasteiger partial charge is 0.252 e. The lowest BCUT2D eigenvalue weighted by Crippen LogP contribution is -2.20. The molecule has 2 nitrogen and oxygen atoms in total. The number of amides is 1. The molecule has 1 atom stereocenters. The van der Waals surface area contributed by atoms with Crippen molar-refractivity contribution in [1.29, 1.82) is 0 Å². The van der Waals surface area contributed by atoms with E-state index in [1.807, 2.05) is 18.2 Å². The second-order valence-corrected chi connectivity index (χ2v) is 5.30. The fourth-order valence-corrected chi connectivity index (χ4v) is 2.36. The monoisotopic (exact) mass is 267 g/mol. The molecule has 0 saturated carbocycles. The lowest BCUT2D eigenvalue weighted by atomic mass is 9.97. The largest absolute Gasteiger partial charge is 0.345 e. The number of hydrogen-bond donors (Lipinski definition) is 1. The minimum atomic E-state index is 0.0527. The molecular formula is C12H14BrNO. The van der Waals surface area contributed by atoms with Gasteiger partial charge in [-0.25, -0.2) is 0 Å². The minimum absolute atomic E-state index is 0.0527. The third-order valence-corrected chi connectivity index (χ3v) is 3.14. The van der Waals surface area contributed by atoms with Crippen LogP contribution in [-0.4, -0.2) is 5.91 Å². The van der Waals surface area contributed by atoms with Gasteiger partial charge in [0.2, 0.25) is 0 Å². The molecule has 0 aliphatic carbocycles. The molecule has 80 valence electrons. The van der Waals surface area contributed by atoms with Crippen LogP contribution in [0, 0.1) is 5.92 Å². The van der Waals surface area contributed by atoms with Gasteiger partial charge in [-0.05, 0) is 30.0 Å². The van der Waals surface area contributed by atoms with Crippen molar-refractivity contribution in [1.82, 2.24) is 5.32 Å². The highest BCUT2D eigenvalue weighted by atomic mass is 79.9. The standard InChI is InChI=1S/C12H14BrNO/c1-7(2)5-11-9-4-3-8(13)6-10(9)12(15)14-11/h3-4,6-7,11H,5H2,1-2H3,(H,14,15). The van der Waals surface area contributed by atoms with Crippen molar-refractivity contribution in [3.05, 3.63) is 33.8 Å². The van der Waals surface area contributed by atoms with Gasteiger partial charge in [0.1, 0.15) is 0 Å². The molecule has 1 unspecified atom stereocenters. The quantitative estimate of drug-likeness (QED) is 0.876. The fourth-order valence-electron chi connectivity index (χ4n) is 2.00. The van der Waals surface area contributed by atoms with Crippen LogP contribution in [0.4, 0.5) is 0 Å². The normalized spacial score (nSPS) is 19.2. The lowest BCUT2D eigenvalue weighted by Gasteiger charge is -2.13. The fraction of sp³-hybridized carbons (Fsp3) is 0.417. The summed E-state index contributed by atoms with van der Waals surface area (Å²) in [6, 6.07) is 6.11. The molecule has 0 spiro atoms. The second kappa shape index (κ2) is 3.97. The summed E-state index contributed by atoms with van der Waals surface area (Å²) in [7, 11) is 0. The molecule has 3 heteroatoms. The van der Waals surface area contributed by atoms with E-state index in [0.29, 0.717) is 5.92 Å². The van der Waals surface area contributed by atoms with E-state index >= 15 is 0 Å². The van der Waals surface area contributed by atoms with Gasteiger partial charge in [-0.3, -0.25) is 4.79 Å². The Kier molecular flexibility index (Phi) is 2.83. The zero-order valence-electron chi connectivity index (χ0n) is 8.88. The number of benzene rings is 1. The summed E-state index contributed by atoms with van der Waals surface area (Å²) in [4.78, 5) is 11.7. The van der Waals surface area contributed by atoms with Crippen LogP contribution in [0.5, 0.6) is 0 Å². The maximum absolute atomic E-state index is 11.7. The highest BCUT2D eigenvalue weighted by molar-refractivity contribution is 9.10. The van der Waals surface area contributed by atoms with E-state index < -0.39 is 0 Å². The molecule has 0 aromatic heterocycles. The van der Waals surface area contributed by atoms with Gasteiger partial charge in [-0.2, -0.15) is 0 Å². The van der Waals surface area contributed by atoms with Gasteiger partial charge in [0.15, 0.2) is 0 Å². The van der Waals surface area contributed by atoms with E-state index in [1.54, 1.807) is 0 Å². The third-order valence-electron chi connectivity index (χ3n) is 2.65. The number of halogens is 1. The average Bonchev–Trinajstić information content (AvgIpc) is 2.42. The number of rotatable bonds is 2. The van der Waals surface area contributed by atoms with E-state index in [4.69, 9.17) is 0 Å². The van der Waals surface area contributed by atoms with E-state index in [2.05, 4.69) is 35.1 Å². The van der Waals surface area contributed by atoms with Crippen LogP contribution < -0.4 is 5.32 Å². The molecule has 1 aromatic rings. The number of nitrogens with one attached hydrogen (secondary N) is 1. The van der Waals surface area contributed by atoms with Gasteiger partial charge in [-0.15, -0.1) is 0 Å². The van der Waals surface area contributed by atoms with E-state index in [-0.39, 0.29) is 11.9 Å². The van der Waals surface area contributed by atoms with Crippen LogP contribution in [-0.2, 0) is 0 Å². The van der Waals surface area contributed by atoms with Gasteiger partial charge in [0.05, 0.1) is 6.04 Å². The van der Waals surface area contributed by atoms with Crippen molar-refractivity contribution in [2.24, 2.45) is 5.92 Å². The predicted octanol–water partition coefficient (Wildman–Crippen LogP) is 3.28. The zero-order chi connectivity index (χ0) is 11.0. The molecule has 0 radical (unpaired) electrons. The Labute approximate surface area is 98.2 Å². The van der Waals surface area contributed by atoms with Gasteiger partial charge >= 0.3 is 0 Å². The van der Waals surface area contributed by atoms with Crippen molar-refractivity contribution in [3.8, 4) is 0 Å². The first-order valence-electron chi connectivity index (χ1n) is 5.18. The molecule has 15 heavy (non-hydrogen) atoms. The summed E-state index contributed by atoms with van der Waals surface area (Å²) >= 11 is 3.38. The zero-order valence-corrected chi connectivity index (χ0v) is 10.5. The summed E-state index contributed by atoms with van der Waals surface area (Å²) in [6.45, 7) is 4.34. The number of fused-ring (bicyclic) bond motifs is 1.